The number of hydrogen-bond donors (Lipinski definition) is 0. The second kappa shape index (κ2) is 5.45. The van der Waals surface area contributed by atoms with Crippen LogP contribution in [0.3, 0.4) is 0 Å². The first-order chi connectivity index (χ1) is 4.63. The van der Waals surface area contributed by atoms with E-state index < -0.39 is 0 Å². The molecule has 0 saturated heterocycles. The highest BCUT2D eigenvalue weighted by Gasteiger charge is 1.90. The molecule has 0 unspecified atom stereocenters. The van der Waals surface area contributed by atoms with Gasteiger partial charge in [0.05, 0.1) is 0 Å². The molecule has 1 heteroatoms. The van der Waals surface area contributed by atoms with E-state index in [1.54, 1.807) is 0 Å². The van der Waals surface area contributed by atoms with Gasteiger partial charge in [-0.2, -0.15) is 0 Å². The maximum Gasteiger partial charge on any atom is 0.0387 e. The minimum Gasteiger partial charge on any atom is -0.297 e. The highest BCUT2D eigenvalue weighted by atomic mass is 14.7. The maximum atomic E-state index is 4.29. The van der Waals surface area contributed by atoms with Crippen molar-refractivity contribution in [1.29, 1.82) is 0 Å². The Morgan fingerprint density at radius 1 is 1.20 bits per heavy atom. The van der Waals surface area contributed by atoms with E-state index in [-0.39, 0.29) is 0 Å². The Morgan fingerprint density at radius 3 is 2.20 bits per heavy atom. The lowest BCUT2D eigenvalue weighted by Crippen LogP contribution is -1.93. The summed E-state index contributed by atoms with van der Waals surface area (Å²) in [7, 11) is 0. The quantitative estimate of drug-likeness (QED) is 0.534. The summed E-state index contributed by atoms with van der Waals surface area (Å²) < 4.78 is 0. The van der Waals surface area contributed by atoms with Crippen LogP contribution >= 0.6 is 0 Å². The molecule has 0 aromatic heterocycles. The van der Waals surface area contributed by atoms with Crippen molar-refractivity contribution in [3.05, 3.63) is 0 Å². The maximum absolute atomic E-state index is 4.29. The van der Waals surface area contributed by atoms with E-state index in [2.05, 4.69) is 32.7 Å². The second-order valence-corrected chi connectivity index (χ2v) is 3.48. The van der Waals surface area contributed by atoms with Crippen molar-refractivity contribution in [2.45, 2.75) is 34.1 Å². The molecule has 0 spiro atoms. The molecule has 0 atom stereocenters. The standard InChI is InChI=1S/C9H19N/c1-8(2)5-6-10-7-9(3)4/h7-9H,5-6H2,1-4H3. The van der Waals surface area contributed by atoms with Gasteiger partial charge < -0.3 is 0 Å². The molecule has 60 valence electrons. The zero-order valence-electron chi connectivity index (χ0n) is 7.59. The van der Waals surface area contributed by atoms with Gasteiger partial charge in [-0.3, -0.25) is 4.99 Å². The fourth-order valence-corrected chi connectivity index (χ4v) is 0.618. The lowest BCUT2D eigenvalue weighted by molar-refractivity contribution is 0.596. The topological polar surface area (TPSA) is 12.4 Å². The molecule has 0 bridgehead atoms. The molecule has 0 aliphatic carbocycles. The summed E-state index contributed by atoms with van der Waals surface area (Å²) in [6.07, 6.45) is 3.24. The number of rotatable bonds is 4. The Kier molecular flexibility index (Phi) is 5.27. The van der Waals surface area contributed by atoms with Crippen LogP contribution in [0.5, 0.6) is 0 Å². The molecule has 10 heavy (non-hydrogen) atoms. The van der Waals surface area contributed by atoms with Gasteiger partial charge in [0.2, 0.25) is 0 Å². The largest absolute Gasteiger partial charge is 0.297 e. The average Bonchev–Trinajstić information content (AvgIpc) is 1.79. The van der Waals surface area contributed by atoms with E-state index in [1.165, 1.54) is 6.42 Å². The van der Waals surface area contributed by atoms with Crippen LogP contribution < -0.4 is 0 Å². The lowest BCUT2D eigenvalue weighted by atomic mass is 10.1. The van der Waals surface area contributed by atoms with Gasteiger partial charge in [-0.25, -0.2) is 0 Å². The van der Waals surface area contributed by atoms with Crippen molar-refractivity contribution < 1.29 is 0 Å². The molecule has 0 radical (unpaired) electrons. The van der Waals surface area contributed by atoms with Crippen LogP contribution in [0, 0.1) is 11.8 Å². The number of aliphatic imine (C=N–C) groups is 1. The van der Waals surface area contributed by atoms with Gasteiger partial charge in [-0.05, 0) is 18.3 Å². The normalized spacial score (nSPS) is 12.2. The van der Waals surface area contributed by atoms with Gasteiger partial charge >= 0.3 is 0 Å². The van der Waals surface area contributed by atoms with Crippen LogP contribution in [0.2, 0.25) is 0 Å². The van der Waals surface area contributed by atoms with Crippen molar-refractivity contribution in [1.82, 2.24) is 0 Å². The predicted molar refractivity (Wildman–Crippen MR) is 47.7 cm³/mol. The number of nitrogens with zero attached hydrogens (tertiary/aromatic N) is 1. The summed E-state index contributed by atoms with van der Waals surface area (Å²) in [5.74, 6) is 1.39. The van der Waals surface area contributed by atoms with E-state index in [9.17, 15) is 0 Å². The van der Waals surface area contributed by atoms with Crippen LogP contribution in [-0.4, -0.2) is 12.8 Å². The first-order valence-corrected chi connectivity index (χ1v) is 4.13. The summed E-state index contributed by atoms with van der Waals surface area (Å²) in [6.45, 7) is 9.75. The molecule has 0 heterocycles. The van der Waals surface area contributed by atoms with E-state index in [4.69, 9.17) is 0 Å². The van der Waals surface area contributed by atoms with E-state index in [0.717, 1.165) is 12.5 Å². The smallest absolute Gasteiger partial charge is 0.0387 e. The molecular weight excluding hydrogens is 122 g/mol. The third-order valence-electron chi connectivity index (χ3n) is 1.24. The minimum absolute atomic E-state index is 0.604. The summed E-state index contributed by atoms with van der Waals surface area (Å²) >= 11 is 0. The zero-order chi connectivity index (χ0) is 7.98. The molecule has 0 aromatic rings. The fraction of sp³-hybridized carbons (Fsp3) is 0.889. The van der Waals surface area contributed by atoms with Gasteiger partial charge in [0, 0.05) is 12.8 Å². The van der Waals surface area contributed by atoms with Gasteiger partial charge in [-0.15, -0.1) is 0 Å². The van der Waals surface area contributed by atoms with Gasteiger partial charge in [0.15, 0.2) is 0 Å². The van der Waals surface area contributed by atoms with Crippen LogP contribution in [-0.2, 0) is 0 Å². The first kappa shape index (κ1) is 9.67. The van der Waals surface area contributed by atoms with E-state index in [1.807, 2.05) is 6.21 Å². The summed E-state index contributed by atoms with van der Waals surface area (Å²) in [5.41, 5.74) is 0. The van der Waals surface area contributed by atoms with E-state index in [0.29, 0.717) is 5.92 Å². The Balaban J connectivity index is 3.19. The summed E-state index contributed by atoms with van der Waals surface area (Å²) in [5, 5.41) is 0. The van der Waals surface area contributed by atoms with Crippen LogP contribution in [0.1, 0.15) is 34.1 Å². The Morgan fingerprint density at radius 2 is 1.80 bits per heavy atom. The molecule has 0 aromatic carbocycles. The highest BCUT2D eigenvalue weighted by molar-refractivity contribution is 5.59. The summed E-state index contributed by atoms with van der Waals surface area (Å²) in [6, 6.07) is 0. The SMILES string of the molecule is CC(C)C=NCCC(C)C. The fourth-order valence-electron chi connectivity index (χ4n) is 0.618. The molecule has 1 nitrogen and oxygen atoms in total. The van der Waals surface area contributed by atoms with Gasteiger partial charge in [0.1, 0.15) is 0 Å². The van der Waals surface area contributed by atoms with Crippen molar-refractivity contribution in [2.75, 3.05) is 6.54 Å². The Hall–Kier alpha value is -0.330. The molecule has 0 aliphatic rings. The van der Waals surface area contributed by atoms with Crippen molar-refractivity contribution >= 4 is 6.21 Å². The molecular formula is C9H19N. The second-order valence-electron chi connectivity index (χ2n) is 3.48. The molecule has 0 rings (SSSR count). The number of hydrogen-bond acceptors (Lipinski definition) is 1. The molecule has 0 aliphatic heterocycles. The highest BCUT2D eigenvalue weighted by Crippen LogP contribution is 1.98. The molecule has 0 saturated carbocycles. The molecule has 0 amide bonds. The van der Waals surface area contributed by atoms with Crippen molar-refractivity contribution in [3.63, 3.8) is 0 Å². The Bertz CT molecular complexity index is 92.9. The van der Waals surface area contributed by atoms with Crippen LogP contribution in [0.25, 0.3) is 0 Å². The lowest BCUT2D eigenvalue weighted by Gasteiger charge is -1.99. The van der Waals surface area contributed by atoms with Crippen molar-refractivity contribution in [2.24, 2.45) is 16.8 Å². The summed E-state index contributed by atoms with van der Waals surface area (Å²) in [4.78, 5) is 4.29. The van der Waals surface area contributed by atoms with Crippen LogP contribution in [0.15, 0.2) is 4.99 Å². The van der Waals surface area contributed by atoms with Crippen LogP contribution in [0.4, 0.5) is 0 Å². The Labute approximate surface area is 64.6 Å². The first-order valence-electron chi connectivity index (χ1n) is 4.13. The van der Waals surface area contributed by atoms with E-state index >= 15 is 0 Å². The minimum atomic E-state index is 0.604. The van der Waals surface area contributed by atoms with Gasteiger partial charge in [0.25, 0.3) is 0 Å². The third kappa shape index (κ3) is 7.67. The predicted octanol–water partition coefficient (Wildman–Crippen LogP) is 2.76. The monoisotopic (exact) mass is 141 g/mol. The molecule has 0 N–H and O–H groups in total. The molecule has 0 fully saturated rings. The third-order valence-corrected chi connectivity index (χ3v) is 1.24. The van der Waals surface area contributed by atoms with Gasteiger partial charge in [-0.1, -0.05) is 27.7 Å². The average molecular weight is 141 g/mol. The zero-order valence-corrected chi connectivity index (χ0v) is 7.59. The van der Waals surface area contributed by atoms with Crippen molar-refractivity contribution in [3.8, 4) is 0 Å².